The predicted molar refractivity (Wildman–Crippen MR) is 111 cm³/mol. The third kappa shape index (κ3) is 4.76. The zero-order chi connectivity index (χ0) is 16.1. The standard InChI is InChI=1S/C18H26ClN3O.HI/c1-2-20-17(21-10-7-15-5-3-4-6-16(15)19)22-11-8-18(13-22)9-12-23-14-18;/h3-6H,2,7-14H2,1H3,(H,20,21);1H. The first-order chi connectivity index (χ1) is 11.2. The van der Waals surface area contributed by atoms with Crippen LogP contribution in [-0.2, 0) is 11.2 Å². The minimum atomic E-state index is 0. The maximum absolute atomic E-state index is 6.22. The SMILES string of the molecule is CCNC(=NCCc1ccccc1Cl)N1CCC2(CCOC2)C1.I. The fraction of sp³-hybridized carbons (Fsp3) is 0.611. The first-order valence-corrected chi connectivity index (χ1v) is 8.95. The van der Waals surface area contributed by atoms with Crippen LogP contribution in [0.1, 0.15) is 25.3 Å². The Morgan fingerprint density at radius 3 is 2.92 bits per heavy atom. The van der Waals surface area contributed by atoms with Crippen LogP contribution < -0.4 is 5.32 Å². The van der Waals surface area contributed by atoms with Crippen molar-refractivity contribution in [3.63, 3.8) is 0 Å². The lowest BCUT2D eigenvalue weighted by Gasteiger charge is -2.25. The molecular weight excluding hydrogens is 437 g/mol. The molecule has 1 atom stereocenters. The zero-order valence-corrected chi connectivity index (χ0v) is 17.3. The quantitative estimate of drug-likeness (QED) is 0.421. The van der Waals surface area contributed by atoms with Gasteiger partial charge in [0.1, 0.15) is 0 Å². The van der Waals surface area contributed by atoms with Crippen LogP contribution in [0.4, 0.5) is 0 Å². The normalized spacial score (nSPS) is 23.6. The maximum atomic E-state index is 6.22. The van der Waals surface area contributed by atoms with E-state index in [1.165, 1.54) is 12.8 Å². The number of ether oxygens (including phenoxy) is 1. The summed E-state index contributed by atoms with van der Waals surface area (Å²) in [6, 6.07) is 8.01. The van der Waals surface area contributed by atoms with Crippen molar-refractivity contribution in [2.75, 3.05) is 39.4 Å². The van der Waals surface area contributed by atoms with Crippen LogP contribution in [0.25, 0.3) is 0 Å². The van der Waals surface area contributed by atoms with Gasteiger partial charge in [-0.1, -0.05) is 29.8 Å². The molecule has 0 amide bonds. The Morgan fingerprint density at radius 1 is 1.38 bits per heavy atom. The molecule has 2 aliphatic heterocycles. The summed E-state index contributed by atoms with van der Waals surface area (Å²) < 4.78 is 5.62. The van der Waals surface area contributed by atoms with Crippen LogP contribution in [-0.4, -0.2) is 50.3 Å². The summed E-state index contributed by atoms with van der Waals surface area (Å²) in [5, 5.41) is 4.26. The Balaban J connectivity index is 0.00000208. The minimum Gasteiger partial charge on any atom is -0.381 e. The lowest BCUT2D eigenvalue weighted by atomic mass is 9.87. The van der Waals surface area contributed by atoms with Crippen molar-refractivity contribution in [1.82, 2.24) is 10.2 Å². The molecule has 2 fully saturated rings. The van der Waals surface area contributed by atoms with Gasteiger partial charge in [-0.3, -0.25) is 4.99 Å². The fourth-order valence-electron chi connectivity index (χ4n) is 3.50. The number of likely N-dealkylation sites (tertiary alicyclic amines) is 1. The Morgan fingerprint density at radius 2 is 2.21 bits per heavy atom. The molecule has 0 aromatic heterocycles. The van der Waals surface area contributed by atoms with Crippen LogP contribution in [0.3, 0.4) is 0 Å². The number of halogens is 2. The molecule has 4 nitrogen and oxygen atoms in total. The maximum Gasteiger partial charge on any atom is 0.193 e. The van der Waals surface area contributed by atoms with E-state index in [-0.39, 0.29) is 24.0 Å². The monoisotopic (exact) mass is 463 g/mol. The Kier molecular flexibility index (Phi) is 7.62. The van der Waals surface area contributed by atoms with Crippen LogP contribution >= 0.6 is 35.6 Å². The zero-order valence-electron chi connectivity index (χ0n) is 14.3. The summed E-state index contributed by atoms with van der Waals surface area (Å²) in [7, 11) is 0. The van der Waals surface area contributed by atoms with Crippen molar-refractivity contribution in [3.05, 3.63) is 34.9 Å². The molecule has 2 heterocycles. The van der Waals surface area contributed by atoms with Crippen LogP contribution in [0.5, 0.6) is 0 Å². The van der Waals surface area contributed by atoms with Crippen molar-refractivity contribution in [1.29, 1.82) is 0 Å². The van der Waals surface area contributed by atoms with Crippen molar-refractivity contribution in [2.45, 2.75) is 26.2 Å². The summed E-state index contributed by atoms with van der Waals surface area (Å²) in [5.74, 6) is 1.03. The molecule has 1 aromatic carbocycles. The van der Waals surface area contributed by atoms with Crippen LogP contribution in [0.2, 0.25) is 5.02 Å². The fourth-order valence-corrected chi connectivity index (χ4v) is 3.73. The Labute approximate surface area is 167 Å². The Bertz CT molecular complexity index is 561. The molecule has 2 saturated heterocycles. The number of hydrogen-bond acceptors (Lipinski definition) is 2. The highest BCUT2D eigenvalue weighted by molar-refractivity contribution is 14.0. The third-order valence-electron chi connectivity index (χ3n) is 4.86. The topological polar surface area (TPSA) is 36.9 Å². The van der Waals surface area contributed by atoms with E-state index in [0.717, 1.165) is 62.4 Å². The van der Waals surface area contributed by atoms with Crippen molar-refractivity contribution in [3.8, 4) is 0 Å². The molecular formula is C18H27ClIN3O. The highest BCUT2D eigenvalue weighted by Crippen LogP contribution is 2.38. The minimum absolute atomic E-state index is 0. The summed E-state index contributed by atoms with van der Waals surface area (Å²) in [4.78, 5) is 7.21. The second-order valence-electron chi connectivity index (χ2n) is 6.55. The van der Waals surface area contributed by atoms with Gasteiger partial charge in [0.25, 0.3) is 0 Å². The number of benzene rings is 1. The highest BCUT2D eigenvalue weighted by Gasteiger charge is 2.42. The van der Waals surface area contributed by atoms with E-state index in [4.69, 9.17) is 21.3 Å². The van der Waals surface area contributed by atoms with Crippen molar-refractivity contribution < 1.29 is 4.74 Å². The van der Waals surface area contributed by atoms with Crippen molar-refractivity contribution in [2.24, 2.45) is 10.4 Å². The molecule has 24 heavy (non-hydrogen) atoms. The van der Waals surface area contributed by atoms with E-state index in [2.05, 4.69) is 23.2 Å². The van der Waals surface area contributed by atoms with Gasteiger partial charge in [-0.25, -0.2) is 0 Å². The molecule has 3 rings (SSSR count). The van der Waals surface area contributed by atoms with Crippen molar-refractivity contribution >= 4 is 41.5 Å². The highest BCUT2D eigenvalue weighted by atomic mass is 127. The molecule has 2 aliphatic rings. The van der Waals surface area contributed by atoms with Crippen LogP contribution in [0.15, 0.2) is 29.3 Å². The molecule has 0 saturated carbocycles. The van der Waals surface area contributed by atoms with E-state index in [0.29, 0.717) is 5.41 Å². The summed E-state index contributed by atoms with van der Waals surface area (Å²) >= 11 is 6.22. The number of hydrogen-bond donors (Lipinski definition) is 1. The predicted octanol–water partition coefficient (Wildman–Crippen LogP) is 3.58. The molecule has 134 valence electrons. The van der Waals surface area contributed by atoms with Gasteiger partial charge < -0.3 is 15.0 Å². The van der Waals surface area contributed by atoms with E-state index < -0.39 is 0 Å². The molecule has 0 bridgehead atoms. The van der Waals surface area contributed by atoms with Gasteiger partial charge in [-0.2, -0.15) is 0 Å². The lowest BCUT2D eigenvalue weighted by Crippen LogP contribution is -2.41. The van der Waals surface area contributed by atoms with E-state index in [1.54, 1.807) is 0 Å². The molecule has 1 spiro atoms. The first kappa shape index (κ1) is 19.8. The molecule has 6 heteroatoms. The number of rotatable bonds is 4. The van der Waals surface area contributed by atoms with E-state index >= 15 is 0 Å². The van der Waals surface area contributed by atoms with Gasteiger partial charge in [-0.15, -0.1) is 24.0 Å². The largest absolute Gasteiger partial charge is 0.381 e. The summed E-state index contributed by atoms with van der Waals surface area (Å²) in [6.07, 6.45) is 3.26. The van der Waals surface area contributed by atoms with Gasteiger partial charge in [0.15, 0.2) is 5.96 Å². The number of guanidine groups is 1. The number of nitrogens with zero attached hydrogens (tertiary/aromatic N) is 2. The van der Waals surface area contributed by atoms with E-state index in [9.17, 15) is 0 Å². The molecule has 0 aliphatic carbocycles. The molecule has 1 N–H and O–H groups in total. The molecule has 0 radical (unpaired) electrons. The van der Waals surface area contributed by atoms with Gasteiger partial charge in [0.05, 0.1) is 6.61 Å². The average molecular weight is 464 g/mol. The molecule has 1 unspecified atom stereocenters. The number of aliphatic imine (C=N–C) groups is 1. The second kappa shape index (κ2) is 9.25. The third-order valence-corrected chi connectivity index (χ3v) is 5.23. The number of nitrogens with one attached hydrogen (secondary N) is 1. The van der Waals surface area contributed by atoms with Gasteiger partial charge in [0.2, 0.25) is 0 Å². The lowest BCUT2D eigenvalue weighted by molar-refractivity contribution is 0.156. The first-order valence-electron chi connectivity index (χ1n) is 8.57. The second-order valence-corrected chi connectivity index (χ2v) is 6.96. The van der Waals surface area contributed by atoms with Crippen LogP contribution in [0, 0.1) is 5.41 Å². The smallest absolute Gasteiger partial charge is 0.193 e. The summed E-state index contributed by atoms with van der Waals surface area (Å²) in [5.41, 5.74) is 1.52. The molecule has 1 aromatic rings. The van der Waals surface area contributed by atoms with Gasteiger partial charge in [-0.05, 0) is 37.8 Å². The summed E-state index contributed by atoms with van der Waals surface area (Å²) in [6.45, 7) is 7.72. The van der Waals surface area contributed by atoms with Gasteiger partial charge >= 0.3 is 0 Å². The Hall–Kier alpha value is -0.530. The van der Waals surface area contributed by atoms with E-state index in [1.807, 2.05) is 18.2 Å². The van der Waals surface area contributed by atoms with Gasteiger partial charge in [0, 0.05) is 43.2 Å². The average Bonchev–Trinajstić information content (AvgIpc) is 3.19.